The van der Waals surface area contributed by atoms with Crippen molar-refractivity contribution >= 4 is 34.0 Å². The molecule has 0 saturated carbocycles. The van der Waals surface area contributed by atoms with Gasteiger partial charge in [-0.3, -0.25) is 0 Å². The summed E-state index contributed by atoms with van der Waals surface area (Å²) in [7, 11) is 0. The van der Waals surface area contributed by atoms with Gasteiger partial charge in [0.25, 0.3) is 0 Å². The van der Waals surface area contributed by atoms with Gasteiger partial charge in [0.05, 0.1) is 6.61 Å². The van der Waals surface area contributed by atoms with E-state index in [9.17, 15) is 4.79 Å². The summed E-state index contributed by atoms with van der Waals surface area (Å²) < 4.78 is 4.84. The molecule has 0 amide bonds. The van der Waals surface area contributed by atoms with Gasteiger partial charge in [0, 0.05) is 11.6 Å². The Morgan fingerprint density at radius 3 is 2.79 bits per heavy atom. The highest BCUT2D eigenvalue weighted by Gasteiger charge is 2.13. The zero-order chi connectivity index (χ0) is 13.7. The van der Waals surface area contributed by atoms with E-state index in [1.165, 1.54) is 11.3 Å². The maximum absolute atomic E-state index is 11.4. The standard InChI is InChI=1S/C12H12ClN3O2S/c1-2-18-11(17)10-15-16-12(19-10)14-7-8-3-5-9(13)6-4-8/h3-6H,2,7H2,1H3,(H,14,16). The third-order valence-electron chi connectivity index (χ3n) is 2.23. The van der Waals surface area contributed by atoms with Crippen LogP contribution in [0.25, 0.3) is 0 Å². The van der Waals surface area contributed by atoms with Crippen LogP contribution in [0, 0.1) is 0 Å². The minimum Gasteiger partial charge on any atom is -0.461 e. The molecule has 5 nitrogen and oxygen atoms in total. The van der Waals surface area contributed by atoms with Crippen molar-refractivity contribution in [3.05, 3.63) is 39.9 Å². The van der Waals surface area contributed by atoms with Crippen LogP contribution in [0.15, 0.2) is 24.3 Å². The number of halogens is 1. The van der Waals surface area contributed by atoms with Gasteiger partial charge in [-0.1, -0.05) is 35.1 Å². The van der Waals surface area contributed by atoms with Gasteiger partial charge < -0.3 is 10.1 Å². The molecule has 0 aliphatic heterocycles. The predicted octanol–water partition coefficient (Wildman–Crippen LogP) is 2.98. The molecule has 1 aromatic carbocycles. The first-order chi connectivity index (χ1) is 9.19. The van der Waals surface area contributed by atoms with Crippen LogP contribution in [-0.2, 0) is 11.3 Å². The summed E-state index contributed by atoms with van der Waals surface area (Å²) >= 11 is 6.97. The number of anilines is 1. The summed E-state index contributed by atoms with van der Waals surface area (Å²) in [5.74, 6) is -0.445. The van der Waals surface area contributed by atoms with E-state index in [0.717, 1.165) is 5.56 Å². The van der Waals surface area contributed by atoms with E-state index >= 15 is 0 Å². The van der Waals surface area contributed by atoms with Crippen LogP contribution in [0.4, 0.5) is 5.13 Å². The summed E-state index contributed by atoms with van der Waals surface area (Å²) in [6.07, 6.45) is 0. The van der Waals surface area contributed by atoms with Gasteiger partial charge in [0.15, 0.2) is 0 Å². The number of carbonyl (C=O) groups excluding carboxylic acids is 1. The van der Waals surface area contributed by atoms with E-state index in [0.29, 0.717) is 23.3 Å². The van der Waals surface area contributed by atoms with Crippen LogP contribution in [-0.4, -0.2) is 22.8 Å². The molecular formula is C12H12ClN3O2S. The predicted molar refractivity (Wildman–Crippen MR) is 74.6 cm³/mol. The van der Waals surface area contributed by atoms with Crippen molar-refractivity contribution < 1.29 is 9.53 Å². The lowest BCUT2D eigenvalue weighted by Crippen LogP contribution is -2.03. The van der Waals surface area contributed by atoms with Gasteiger partial charge in [-0.05, 0) is 24.6 Å². The van der Waals surface area contributed by atoms with Gasteiger partial charge in [-0.25, -0.2) is 4.79 Å². The lowest BCUT2D eigenvalue weighted by Gasteiger charge is -2.01. The number of nitrogens with one attached hydrogen (secondary N) is 1. The number of benzene rings is 1. The summed E-state index contributed by atoms with van der Waals surface area (Å²) in [4.78, 5) is 11.4. The molecule has 7 heteroatoms. The highest BCUT2D eigenvalue weighted by molar-refractivity contribution is 7.17. The normalized spacial score (nSPS) is 10.2. The largest absolute Gasteiger partial charge is 0.461 e. The molecule has 0 bridgehead atoms. The average Bonchev–Trinajstić information content (AvgIpc) is 2.87. The zero-order valence-electron chi connectivity index (χ0n) is 10.2. The molecule has 0 spiro atoms. The molecule has 0 aliphatic rings. The van der Waals surface area contributed by atoms with E-state index in [4.69, 9.17) is 16.3 Å². The Hall–Kier alpha value is -1.66. The monoisotopic (exact) mass is 297 g/mol. The molecule has 0 saturated heterocycles. The minimum absolute atomic E-state index is 0.250. The zero-order valence-corrected chi connectivity index (χ0v) is 11.8. The van der Waals surface area contributed by atoms with E-state index in [2.05, 4.69) is 15.5 Å². The van der Waals surface area contributed by atoms with Crippen LogP contribution >= 0.6 is 22.9 Å². The number of hydrogen-bond acceptors (Lipinski definition) is 6. The fourth-order valence-electron chi connectivity index (χ4n) is 1.35. The van der Waals surface area contributed by atoms with Crippen LogP contribution in [0.2, 0.25) is 5.02 Å². The van der Waals surface area contributed by atoms with Crippen LogP contribution in [0.1, 0.15) is 22.3 Å². The van der Waals surface area contributed by atoms with E-state index in [1.807, 2.05) is 24.3 Å². The average molecular weight is 298 g/mol. The van der Waals surface area contributed by atoms with Gasteiger partial charge in [0.1, 0.15) is 0 Å². The number of esters is 1. The quantitative estimate of drug-likeness (QED) is 0.860. The van der Waals surface area contributed by atoms with E-state index in [-0.39, 0.29) is 5.01 Å². The second kappa shape index (κ2) is 6.49. The van der Waals surface area contributed by atoms with Crippen molar-refractivity contribution in [2.75, 3.05) is 11.9 Å². The highest BCUT2D eigenvalue weighted by Crippen LogP contribution is 2.17. The molecule has 0 radical (unpaired) electrons. The molecule has 0 aliphatic carbocycles. The fourth-order valence-corrected chi connectivity index (χ4v) is 2.11. The van der Waals surface area contributed by atoms with E-state index in [1.54, 1.807) is 6.92 Å². The summed E-state index contributed by atoms with van der Waals surface area (Å²) in [6.45, 7) is 2.67. The minimum atomic E-state index is -0.445. The van der Waals surface area contributed by atoms with Gasteiger partial charge in [0.2, 0.25) is 10.1 Å². The number of nitrogens with zero attached hydrogens (tertiary/aromatic N) is 2. The topological polar surface area (TPSA) is 64.1 Å². The maximum Gasteiger partial charge on any atom is 0.369 e. The van der Waals surface area contributed by atoms with Gasteiger partial charge in [-0.2, -0.15) is 0 Å². The Labute approximate surface area is 119 Å². The molecule has 100 valence electrons. The third kappa shape index (κ3) is 3.90. The third-order valence-corrected chi connectivity index (χ3v) is 3.35. The Bertz CT molecular complexity index is 556. The summed E-state index contributed by atoms with van der Waals surface area (Å²) in [6, 6.07) is 7.48. The highest BCUT2D eigenvalue weighted by atomic mass is 35.5. The van der Waals surface area contributed by atoms with Crippen molar-refractivity contribution in [1.29, 1.82) is 0 Å². The van der Waals surface area contributed by atoms with Crippen molar-refractivity contribution in [2.45, 2.75) is 13.5 Å². The molecule has 2 rings (SSSR count). The van der Waals surface area contributed by atoms with Gasteiger partial charge in [-0.15, -0.1) is 10.2 Å². The fraction of sp³-hybridized carbons (Fsp3) is 0.250. The van der Waals surface area contributed by atoms with Crippen LogP contribution in [0.3, 0.4) is 0 Å². The Kier molecular flexibility index (Phi) is 4.70. The first-order valence-electron chi connectivity index (χ1n) is 5.68. The molecular weight excluding hydrogens is 286 g/mol. The van der Waals surface area contributed by atoms with Gasteiger partial charge >= 0.3 is 5.97 Å². The van der Waals surface area contributed by atoms with Crippen molar-refractivity contribution in [2.24, 2.45) is 0 Å². The Morgan fingerprint density at radius 2 is 2.11 bits per heavy atom. The van der Waals surface area contributed by atoms with Crippen LogP contribution in [0.5, 0.6) is 0 Å². The van der Waals surface area contributed by atoms with E-state index < -0.39 is 5.97 Å². The molecule has 1 aromatic heterocycles. The molecule has 19 heavy (non-hydrogen) atoms. The lowest BCUT2D eigenvalue weighted by molar-refractivity contribution is 0.0525. The molecule has 2 aromatic rings. The van der Waals surface area contributed by atoms with Crippen molar-refractivity contribution in [3.63, 3.8) is 0 Å². The Morgan fingerprint density at radius 1 is 1.37 bits per heavy atom. The number of hydrogen-bond donors (Lipinski definition) is 1. The first kappa shape index (κ1) is 13.8. The maximum atomic E-state index is 11.4. The smallest absolute Gasteiger partial charge is 0.369 e. The molecule has 0 unspecified atom stereocenters. The lowest BCUT2D eigenvalue weighted by atomic mass is 10.2. The second-order valence-electron chi connectivity index (χ2n) is 3.61. The molecule has 0 fully saturated rings. The second-order valence-corrected chi connectivity index (χ2v) is 5.03. The molecule has 0 atom stereocenters. The first-order valence-corrected chi connectivity index (χ1v) is 6.87. The summed E-state index contributed by atoms with van der Waals surface area (Å²) in [5, 5.41) is 12.3. The molecule has 1 N–H and O–H groups in total. The molecule has 1 heterocycles. The number of rotatable bonds is 5. The van der Waals surface area contributed by atoms with Crippen molar-refractivity contribution in [1.82, 2.24) is 10.2 Å². The summed E-state index contributed by atoms with van der Waals surface area (Å²) in [5.41, 5.74) is 1.07. The van der Waals surface area contributed by atoms with Crippen molar-refractivity contribution in [3.8, 4) is 0 Å². The number of aromatic nitrogens is 2. The van der Waals surface area contributed by atoms with Crippen LogP contribution < -0.4 is 5.32 Å². The Balaban J connectivity index is 1.93. The SMILES string of the molecule is CCOC(=O)c1nnc(NCc2ccc(Cl)cc2)s1. The number of carbonyl (C=O) groups is 1. The number of ether oxygens (including phenoxy) is 1.